The van der Waals surface area contributed by atoms with Crippen molar-refractivity contribution in [2.75, 3.05) is 53.6 Å². The van der Waals surface area contributed by atoms with E-state index >= 15 is 0 Å². The van der Waals surface area contributed by atoms with Gasteiger partial charge in [-0.25, -0.2) is 0 Å². The van der Waals surface area contributed by atoms with Gasteiger partial charge in [-0.2, -0.15) is 0 Å². The van der Waals surface area contributed by atoms with Crippen molar-refractivity contribution in [1.82, 2.24) is 15.1 Å². The molecular weight excluding hydrogens is 400 g/mol. The van der Waals surface area contributed by atoms with Crippen LogP contribution in [-0.4, -0.2) is 75.4 Å². The molecule has 0 saturated carbocycles. The molecule has 1 N–H and O–H groups in total. The number of benzene rings is 1. The van der Waals surface area contributed by atoms with Crippen LogP contribution in [0.3, 0.4) is 0 Å². The number of piperidine rings is 2. The van der Waals surface area contributed by atoms with Gasteiger partial charge in [-0.1, -0.05) is 38.1 Å². The molecule has 0 radical (unpaired) electrons. The predicted octanol–water partition coefficient (Wildman–Crippen LogP) is 3.76. The zero-order valence-electron chi connectivity index (χ0n) is 20.7. The molecule has 1 aromatic rings. The Hall–Kier alpha value is -1.63. The number of hydrogen-bond donors (Lipinski definition) is 1. The Labute approximate surface area is 195 Å². The largest absolute Gasteiger partial charge is 0.385 e. The van der Waals surface area contributed by atoms with Crippen molar-refractivity contribution < 1.29 is 9.47 Å². The molecule has 2 aliphatic rings. The molecule has 0 bridgehead atoms. The second-order valence-electron chi connectivity index (χ2n) is 9.71. The second kappa shape index (κ2) is 13.2. The van der Waals surface area contributed by atoms with Gasteiger partial charge in [-0.05, 0) is 48.6 Å². The first-order valence-electron chi connectivity index (χ1n) is 12.4. The van der Waals surface area contributed by atoms with Crippen LogP contribution in [-0.2, 0) is 22.6 Å². The lowest BCUT2D eigenvalue weighted by molar-refractivity contribution is 0.00989. The fourth-order valence-electron chi connectivity index (χ4n) is 5.24. The summed E-state index contributed by atoms with van der Waals surface area (Å²) >= 11 is 0. The summed E-state index contributed by atoms with van der Waals surface area (Å²) < 4.78 is 11.1. The fraction of sp³-hybridized carbons (Fsp3) is 0.731. The van der Waals surface area contributed by atoms with Gasteiger partial charge >= 0.3 is 0 Å². The molecule has 0 aliphatic carbocycles. The van der Waals surface area contributed by atoms with Crippen LogP contribution < -0.4 is 5.32 Å². The summed E-state index contributed by atoms with van der Waals surface area (Å²) in [4.78, 5) is 9.56. The Morgan fingerprint density at radius 2 is 1.75 bits per heavy atom. The molecule has 2 unspecified atom stereocenters. The van der Waals surface area contributed by atoms with Crippen molar-refractivity contribution in [1.29, 1.82) is 0 Å². The van der Waals surface area contributed by atoms with E-state index in [1.807, 2.05) is 7.05 Å². The zero-order valence-corrected chi connectivity index (χ0v) is 20.7. The molecule has 0 aromatic heterocycles. The van der Waals surface area contributed by atoms with Crippen LogP contribution >= 0.6 is 0 Å². The first-order chi connectivity index (χ1) is 15.6. The van der Waals surface area contributed by atoms with Gasteiger partial charge in [0, 0.05) is 66.6 Å². The molecular formula is C26H44N4O2. The maximum atomic E-state index is 6.01. The van der Waals surface area contributed by atoms with Crippen LogP contribution in [0.1, 0.15) is 50.7 Å². The highest BCUT2D eigenvalue weighted by atomic mass is 16.5. The van der Waals surface area contributed by atoms with Gasteiger partial charge in [-0.15, -0.1) is 0 Å². The van der Waals surface area contributed by atoms with E-state index in [1.54, 1.807) is 7.11 Å². The molecule has 2 atom stereocenters. The van der Waals surface area contributed by atoms with E-state index in [1.165, 1.54) is 30.6 Å². The number of methoxy groups -OCH3 is 1. The van der Waals surface area contributed by atoms with Crippen molar-refractivity contribution in [2.45, 2.75) is 58.7 Å². The van der Waals surface area contributed by atoms with Crippen molar-refractivity contribution in [3.63, 3.8) is 0 Å². The molecule has 6 heteroatoms. The number of nitrogens with zero attached hydrogens (tertiary/aromatic N) is 3. The molecule has 0 amide bonds. The van der Waals surface area contributed by atoms with Gasteiger partial charge in [0.1, 0.15) is 0 Å². The summed E-state index contributed by atoms with van der Waals surface area (Å²) in [5, 5.41) is 3.63. The van der Waals surface area contributed by atoms with E-state index in [2.05, 4.69) is 58.2 Å². The quantitative estimate of drug-likeness (QED) is 0.357. The molecule has 3 rings (SSSR count). The molecule has 1 aromatic carbocycles. The summed E-state index contributed by atoms with van der Waals surface area (Å²) in [5.74, 6) is 2.57. The summed E-state index contributed by atoms with van der Waals surface area (Å²) in [6.07, 6.45) is 4.78. The van der Waals surface area contributed by atoms with E-state index in [4.69, 9.17) is 9.47 Å². The second-order valence-corrected chi connectivity index (χ2v) is 9.71. The summed E-state index contributed by atoms with van der Waals surface area (Å²) in [7, 11) is 3.63. The minimum absolute atomic E-state index is 0.358. The number of ether oxygens (including phenoxy) is 2. The lowest BCUT2D eigenvalue weighted by Crippen LogP contribution is -2.46. The van der Waals surface area contributed by atoms with Crippen LogP contribution in [0.5, 0.6) is 0 Å². The number of hydrogen-bond acceptors (Lipinski definition) is 4. The van der Waals surface area contributed by atoms with Gasteiger partial charge in [0.25, 0.3) is 0 Å². The maximum absolute atomic E-state index is 6.01. The normalized spacial score (nSPS) is 23.5. The molecule has 180 valence electrons. The Kier molecular flexibility index (Phi) is 10.3. The van der Waals surface area contributed by atoms with Crippen molar-refractivity contribution in [2.24, 2.45) is 16.8 Å². The first-order valence-corrected chi connectivity index (χ1v) is 12.4. The number of nitrogens with one attached hydrogen (secondary N) is 1. The van der Waals surface area contributed by atoms with E-state index in [0.717, 1.165) is 76.5 Å². The standard InChI is InChI=1S/C26H44N4O2/c1-21-16-22(2)19-29(18-21)20-24-9-6-5-8-23(24)17-28-26(27-3)30-12-10-25(11-13-30)32-15-7-14-31-4/h5-6,8-9,21-22,25H,7,10-20H2,1-4H3,(H,27,28). The monoisotopic (exact) mass is 444 g/mol. The average Bonchev–Trinajstić information content (AvgIpc) is 2.78. The third kappa shape index (κ3) is 7.75. The zero-order chi connectivity index (χ0) is 22.8. The molecule has 2 aliphatic heterocycles. The minimum Gasteiger partial charge on any atom is -0.385 e. The summed E-state index contributed by atoms with van der Waals surface area (Å²) in [6.45, 7) is 12.6. The van der Waals surface area contributed by atoms with Crippen LogP contribution in [0.4, 0.5) is 0 Å². The van der Waals surface area contributed by atoms with Crippen LogP contribution in [0.15, 0.2) is 29.3 Å². The van der Waals surface area contributed by atoms with E-state index < -0.39 is 0 Å². The van der Waals surface area contributed by atoms with E-state index in [0.29, 0.717) is 6.10 Å². The van der Waals surface area contributed by atoms with Gasteiger partial charge in [0.05, 0.1) is 6.10 Å². The Bertz CT molecular complexity index is 693. The maximum Gasteiger partial charge on any atom is 0.193 e. The third-order valence-electron chi connectivity index (χ3n) is 6.69. The number of guanidine groups is 1. The lowest BCUT2D eigenvalue weighted by atomic mass is 9.91. The van der Waals surface area contributed by atoms with E-state index in [9.17, 15) is 0 Å². The topological polar surface area (TPSA) is 49.3 Å². The minimum atomic E-state index is 0.358. The summed E-state index contributed by atoms with van der Waals surface area (Å²) in [6, 6.07) is 8.86. The van der Waals surface area contributed by atoms with Gasteiger partial charge < -0.3 is 19.7 Å². The molecule has 32 heavy (non-hydrogen) atoms. The van der Waals surface area contributed by atoms with E-state index in [-0.39, 0.29) is 0 Å². The smallest absolute Gasteiger partial charge is 0.193 e. The highest BCUT2D eigenvalue weighted by Crippen LogP contribution is 2.23. The van der Waals surface area contributed by atoms with Crippen LogP contribution in [0.2, 0.25) is 0 Å². The molecule has 2 fully saturated rings. The first kappa shape index (κ1) is 25.0. The highest BCUT2D eigenvalue weighted by molar-refractivity contribution is 5.80. The Balaban J connectivity index is 1.48. The molecule has 6 nitrogen and oxygen atoms in total. The van der Waals surface area contributed by atoms with Gasteiger partial charge in [0.15, 0.2) is 5.96 Å². The average molecular weight is 445 g/mol. The molecule has 2 heterocycles. The Morgan fingerprint density at radius 1 is 1.06 bits per heavy atom. The SMILES string of the molecule is CN=C(NCc1ccccc1CN1CC(C)CC(C)C1)N1CCC(OCCCOC)CC1. The molecule has 2 saturated heterocycles. The van der Waals surface area contributed by atoms with Crippen LogP contribution in [0, 0.1) is 11.8 Å². The summed E-state index contributed by atoms with van der Waals surface area (Å²) in [5.41, 5.74) is 2.80. The van der Waals surface area contributed by atoms with Gasteiger partial charge in [0.2, 0.25) is 0 Å². The highest BCUT2D eigenvalue weighted by Gasteiger charge is 2.23. The predicted molar refractivity (Wildman–Crippen MR) is 132 cm³/mol. The van der Waals surface area contributed by atoms with Gasteiger partial charge in [-0.3, -0.25) is 9.89 Å². The van der Waals surface area contributed by atoms with Crippen molar-refractivity contribution >= 4 is 5.96 Å². The number of rotatable bonds is 9. The van der Waals surface area contributed by atoms with Crippen LogP contribution in [0.25, 0.3) is 0 Å². The van der Waals surface area contributed by atoms with Crippen molar-refractivity contribution in [3.05, 3.63) is 35.4 Å². The lowest BCUT2D eigenvalue weighted by Gasteiger charge is -2.35. The van der Waals surface area contributed by atoms with Crippen molar-refractivity contribution in [3.8, 4) is 0 Å². The molecule has 0 spiro atoms. The third-order valence-corrected chi connectivity index (χ3v) is 6.69. The number of aliphatic imine (C=N–C) groups is 1. The fourth-order valence-corrected chi connectivity index (χ4v) is 5.24. The number of likely N-dealkylation sites (tertiary alicyclic amines) is 2. The Morgan fingerprint density at radius 3 is 2.41 bits per heavy atom.